The van der Waals surface area contributed by atoms with Gasteiger partial charge in [-0.3, -0.25) is 19.2 Å². The maximum Gasteiger partial charge on any atom is 0.326 e. The lowest BCUT2D eigenvalue weighted by molar-refractivity contribution is -0.143. The van der Waals surface area contributed by atoms with Crippen molar-refractivity contribution in [2.75, 3.05) is 13.1 Å². The van der Waals surface area contributed by atoms with Gasteiger partial charge in [0.1, 0.15) is 12.1 Å². The topological polar surface area (TPSA) is 240 Å². The summed E-state index contributed by atoms with van der Waals surface area (Å²) in [4.78, 5) is 57.9. The molecule has 0 spiro atoms. The van der Waals surface area contributed by atoms with E-state index in [0.29, 0.717) is 19.4 Å². The van der Waals surface area contributed by atoms with Crippen LogP contribution in [0.2, 0.25) is 0 Å². The van der Waals surface area contributed by atoms with Crippen molar-refractivity contribution >= 4 is 29.6 Å². The molecule has 0 aromatic heterocycles. The van der Waals surface area contributed by atoms with Gasteiger partial charge in [-0.15, -0.1) is 0 Å². The summed E-state index contributed by atoms with van der Waals surface area (Å²) in [5.74, 6) is -4.59. The quantitative estimate of drug-likeness (QED) is 0.128. The predicted molar refractivity (Wildman–Crippen MR) is 101 cm³/mol. The van der Waals surface area contributed by atoms with Crippen LogP contribution in [0, 0.1) is 0 Å². The number of primary amides is 1. The molecule has 0 aromatic rings. The molecule has 0 heterocycles. The molecular weight excluding hydrogens is 388 g/mol. The number of unbranched alkanes of at least 4 members (excludes halogenated alkanes) is 1. The molecule has 29 heavy (non-hydrogen) atoms. The molecule has 0 saturated carbocycles. The highest BCUT2D eigenvalue weighted by Gasteiger charge is 2.29. The zero-order valence-corrected chi connectivity index (χ0v) is 16.2. The van der Waals surface area contributed by atoms with Gasteiger partial charge in [0.25, 0.3) is 0 Å². The Morgan fingerprint density at radius 1 is 1.03 bits per heavy atom. The number of nitrogens with one attached hydrogen (secondary N) is 3. The molecule has 0 aliphatic heterocycles. The van der Waals surface area contributed by atoms with Crippen molar-refractivity contribution in [2.24, 2.45) is 17.2 Å². The lowest BCUT2D eigenvalue weighted by atomic mass is 10.1. The van der Waals surface area contributed by atoms with Gasteiger partial charge in [0, 0.05) is 0 Å². The van der Waals surface area contributed by atoms with E-state index in [0.717, 1.165) is 0 Å². The second-order valence-electron chi connectivity index (χ2n) is 6.46. The van der Waals surface area contributed by atoms with Crippen molar-refractivity contribution in [3.8, 4) is 0 Å². The Labute approximate surface area is 167 Å². The molecular formula is C16H30N6O7. The van der Waals surface area contributed by atoms with Gasteiger partial charge < -0.3 is 43.4 Å². The SMILES string of the molecule is CC(O)C(NC(=O)CNC(=O)C(N)CC(N)=O)C(=O)NC(CCCCN)C(=O)O. The van der Waals surface area contributed by atoms with Crippen molar-refractivity contribution in [3.63, 3.8) is 0 Å². The third-order valence-electron chi connectivity index (χ3n) is 3.82. The fourth-order valence-electron chi connectivity index (χ4n) is 2.25. The fraction of sp³-hybridized carbons (Fsp3) is 0.688. The van der Waals surface area contributed by atoms with Gasteiger partial charge in [-0.1, -0.05) is 0 Å². The number of carbonyl (C=O) groups is 5. The lowest BCUT2D eigenvalue weighted by Crippen LogP contribution is -2.57. The summed E-state index contributed by atoms with van der Waals surface area (Å²) in [6.45, 7) is 1.03. The van der Waals surface area contributed by atoms with Crippen LogP contribution in [0.25, 0.3) is 0 Å². The van der Waals surface area contributed by atoms with E-state index >= 15 is 0 Å². The normalized spacial score (nSPS) is 14.8. The maximum absolute atomic E-state index is 12.3. The Morgan fingerprint density at radius 3 is 2.14 bits per heavy atom. The number of carboxylic acid groups (broad SMARTS) is 1. The monoisotopic (exact) mass is 418 g/mol. The van der Waals surface area contributed by atoms with E-state index in [1.54, 1.807) is 0 Å². The molecule has 11 N–H and O–H groups in total. The molecule has 0 saturated heterocycles. The molecule has 13 nitrogen and oxygen atoms in total. The Morgan fingerprint density at radius 2 is 1.66 bits per heavy atom. The van der Waals surface area contributed by atoms with Crippen LogP contribution in [-0.4, -0.2) is 77.1 Å². The molecule has 0 aromatic carbocycles. The number of carboxylic acids is 1. The first-order valence-corrected chi connectivity index (χ1v) is 9.01. The zero-order valence-electron chi connectivity index (χ0n) is 16.2. The molecule has 166 valence electrons. The summed E-state index contributed by atoms with van der Waals surface area (Å²) in [5.41, 5.74) is 15.7. The number of hydrogen-bond donors (Lipinski definition) is 8. The number of rotatable bonds is 14. The van der Waals surface area contributed by atoms with E-state index in [1.807, 2.05) is 0 Å². The van der Waals surface area contributed by atoms with Crippen molar-refractivity contribution in [3.05, 3.63) is 0 Å². The summed E-state index contributed by atoms with van der Waals surface area (Å²) in [7, 11) is 0. The van der Waals surface area contributed by atoms with Crippen LogP contribution in [0.1, 0.15) is 32.6 Å². The van der Waals surface area contributed by atoms with E-state index in [9.17, 15) is 34.2 Å². The second kappa shape index (κ2) is 13.4. The highest BCUT2D eigenvalue weighted by Crippen LogP contribution is 2.03. The standard InChI is InChI=1S/C16H30N6O7/c1-8(23)13(15(27)21-10(16(28)29)4-2-3-5-17)22-12(25)7-20-14(26)9(18)6-11(19)24/h8-10,13,23H,2-7,17-18H2,1H3,(H2,19,24)(H,20,26)(H,21,27)(H,22,25)(H,28,29). The van der Waals surface area contributed by atoms with Crippen LogP contribution < -0.4 is 33.2 Å². The Bertz CT molecular complexity index is 598. The molecule has 13 heteroatoms. The molecule has 4 unspecified atom stereocenters. The Balaban J connectivity index is 4.77. The number of hydrogen-bond acceptors (Lipinski definition) is 8. The zero-order chi connectivity index (χ0) is 22.6. The van der Waals surface area contributed by atoms with Gasteiger partial charge in [-0.05, 0) is 32.7 Å². The smallest absolute Gasteiger partial charge is 0.326 e. The molecule has 0 radical (unpaired) electrons. The average molecular weight is 418 g/mol. The van der Waals surface area contributed by atoms with Crippen LogP contribution in [0.5, 0.6) is 0 Å². The number of amides is 4. The van der Waals surface area contributed by atoms with Crippen molar-refractivity contribution in [1.29, 1.82) is 0 Å². The molecule has 0 fully saturated rings. The Kier molecular flexibility index (Phi) is 12.1. The summed E-state index contributed by atoms with van der Waals surface area (Å²) in [6.07, 6.45) is -0.574. The van der Waals surface area contributed by atoms with E-state index in [4.69, 9.17) is 17.2 Å². The van der Waals surface area contributed by atoms with E-state index < -0.39 is 66.8 Å². The highest BCUT2D eigenvalue weighted by atomic mass is 16.4. The lowest BCUT2D eigenvalue weighted by Gasteiger charge is -2.23. The fourth-order valence-corrected chi connectivity index (χ4v) is 2.25. The molecule has 4 atom stereocenters. The van der Waals surface area contributed by atoms with Gasteiger partial charge in [0.15, 0.2) is 0 Å². The third kappa shape index (κ3) is 11.0. The summed E-state index contributed by atoms with van der Waals surface area (Å²) < 4.78 is 0. The minimum atomic E-state index is -1.45. The molecule has 0 aliphatic rings. The summed E-state index contributed by atoms with van der Waals surface area (Å²) >= 11 is 0. The van der Waals surface area contributed by atoms with Crippen LogP contribution in [0.4, 0.5) is 0 Å². The molecule has 0 rings (SSSR count). The Hall–Kier alpha value is -2.77. The van der Waals surface area contributed by atoms with Crippen molar-refractivity contribution in [1.82, 2.24) is 16.0 Å². The highest BCUT2D eigenvalue weighted by molar-refractivity contribution is 5.93. The van der Waals surface area contributed by atoms with Gasteiger partial charge in [0.2, 0.25) is 23.6 Å². The molecule has 0 aliphatic carbocycles. The number of aliphatic hydroxyl groups is 1. The first-order chi connectivity index (χ1) is 13.5. The first kappa shape index (κ1) is 26.2. The second-order valence-corrected chi connectivity index (χ2v) is 6.46. The largest absolute Gasteiger partial charge is 0.480 e. The minimum absolute atomic E-state index is 0.132. The van der Waals surface area contributed by atoms with Gasteiger partial charge in [-0.25, -0.2) is 4.79 Å². The van der Waals surface area contributed by atoms with E-state index in [2.05, 4.69) is 16.0 Å². The van der Waals surface area contributed by atoms with Crippen LogP contribution >= 0.6 is 0 Å². The number of nitrogens with two attached hydrogens (primary N) is 3. The number of carbonyl (C=O) groups excluding carboxylic acids is 4. The number of aliphatic carboxylic acids is 1. The first-order valence-electron chi connectivity index (χ1n) is 9.01. The third-order valence-corrected chi connectivity index (χ3v) is 3.82. The van der Waals surface area contributed by atoms with Crippen LogP contribution in [0.15, 0.2) is 0 Å². The summed E-state index contributed by atoms with van der Waals surface area (Å²) in [5, 5.41) is 25.6. The maximum atomic E-state index is 12.3. The van der Waals surface area contributed by atoms with E-state index in [1.165, 1.54) is 6.92 Å². The van der Waals surface area contributed by atoms with Gasteiger partial charge >= 0.3 is 5.97 Å². The van der Waals surface area contributed by atoms with Crippen LogP contribution in [-0.2, 0) is 24.0 Å². The molecule has 0 bridgehead atoms. The van der Waals surface area contributed by atoms with Crippen molar-refractivity contribution in [2.45, 2.75) is 56.8 Å². The number of aliphatic hydroxyl groups excluding tert-OH is 1. The summed E-state index contributed by atoms with van der Waals surface area (Å²) in [6, 6.07) is -3.89. The minimum Gasteiger partial charge on any atom is -0.480 e. The van der Waals surface area contributed by atoms with Gasteiger partial charge in [0.05, 0.1) is 25.1 Å². The van der Waals surface area contributed by atoms with Crippen LogP contribution in [0.3, 0.4) is 0 Å². The van der Waals surface area contributed by atoms with E-state index in [-0.39, 0.29) is 6.42 Å². The average Bonchev–Trinajstić information content (AvgIpc) is 2.62. The predicted octanol–water partition coefficient (Wildman–Crippen LogP) is -4.13. The van der Waals surface area contributed by atoms with Crippen molar-refractivity contribution < 1.29 is 34.2 Å². The molecule has 4 amide bonds. The van der Waals surface area contributed by atoms with Gasteiger partial charge in [-0.2, -0.15) is 0 Å².